The maximum atomic E-state index is 14.3. The van der Waals surface area contributed by atoms with E-state index >= 15 is 0 Å². The second-order valence-corrected chi connectivity index (χ2v) is 20.8. The molecule has 5 aliphatic heterocycles. The minimum atomic E-state index is -1.08. The normalized spacial score (nSPS) is 21.3. The zero-order chi connectivity index (χ0) is 52.6. The number of hydrogen-bond acceptors (Lipinski definition) is 16. The van der Waals surface area contributed by atoms with Crippen molar-refractivity contribution in [3.63, 3.8) is 0 Å². The standard InChI is InChI=1S/C52H66N12O10/c1-7-36-48(70)59(5)39-28-53-50(58-43(39)63(36)32-11-8-9-12-32)55-34-16-15-30(27-40(34)73-6)44(66)54-31-19-21-62(22-20-31)47(69)35(56-51(72)74-52(2,3)4)29-60-23-25-61(26-24-60)37-14-10-13-33-42(37)49(71)64(46(33)68)38-17-18-41(65)57-45(38)67/h10,13-16,27-28,31-32,35-36,38H,7-9,11-12,17-26,29H2,1-6H3,(H,54,66)(H,56,72)(H,53,55,58)(H,57,65,67)/t35?,36-,38?/m1/s1. The lowest BCUT2D eigenvalue weighted by molar-refractivity contribution is -0.136. The van der Waals surface area contributed by atoms with E-state index < -0.39 is 47.4 Å². The first kappa shape index (κ1) is 51.5. The number of hydrogen-bond donors (Lipinski definition) is 4. The summed E-state index contributed by atoms with van der Waals surface area (Å²) in [4.78, 5) is 126. The number of fused-ring (bicyclic) bond motifs is 2. The molecule has 1 aliphatic carbocycles. The van der Waals surface area contributed by atoms with E-state index in [0.29, 0.717) is 98.7 Å². The Labute approximate surface area is 429 Å². The number of piperidine rings is 2. The molecule has 394 valence electrons. The lowest BCUT2D eigenvalue weighted by atomic mass is 10.0. The molecule has 0 spiro atoms. The average Bonchev–Trinajstić information content (AvgIpc) is 4.00. The molecule has 4 fully saturated rings. The van der Waals surface area contributed by atoms with Crippen molar-refractivity contribution in [2.24, 2.45) is 0 Å². The van der Waals surface area contributed by atoms with Crippen LogP contribution < -0.4 is 40.7 Å². The Hall–Kier alpha value is -7.36. The number of carbonyl (C=O) groups is 8. The summed E-state index contributed by atoms with van der Waals surface area (Å²) >= 11 is 0. The van der Waals surface area contributed by atoms with Crippen LogP contribution in [0.15, 0.2) is 42.6 Å². The molecule has 6 heterocycles. The number of nitrogens with one attached hydrogen (secondary N) is 4. The molecule has 0 radical (unpaired) electrons. The van der Waals surface area contributed by atoms with Crippen molar-refractivity contribution in [1.29, 1.82) is 0 Å². The van der Waals surface area contributed by atoms with Gasteiger partial charge in [-0.3, -0.25) is 48.7 Å². The predicted octanol–water partition coefficient (Wildman–Crippen LogP) is 3.57. The highest BCUT2D eigenvalue weighted by molar-refractivity contribution is 6.25. The summed E-state index contributed by atoms with van der Waals surface area (Å²) in [7, 11) is 3.28. The lowest BCUT2D eigenvalue weighted by Crippen LogP contribution is -2.58. The number of likely N-dealkylation sites (tertiary alicyclic amines) is 1. The molecule has 74 heavy (non-hydrogen) atoms. The molecule has 0 bridgehead atoms. The maximum absolute atomic E-state index is 14.3. The van der Waals surface area contributed by atoms with Gasteiger partial charge in [-0.1, -0.05) is 25.8 Å². The minimum absolute atomic E-state index is 0.0205. The molecular weight excluding hydrogens is 953 g/mol. The Morgan fingerprint density at radius 2 is 1.62 bits per heavy atom. The molecule has 8 amide bonds. The van der Waals surface area contributed by atoms with E-state index in [1.54, 1.807) is 80.2 Å². The summed E-state index contributed by atoms with van der Waals surface area (Å²) in [6.07, 6.45) is 6.84. The van der Waals surface area contributed by atoms with E-state index in [9.17, 15) is 38.4 Å². The molecule has 2 unspecified atom stereocenters. The zero-order valence-electron chi connectivity index (χ0n) is 42.9. The van der Waals surface area contributed by atoms with Crippen LogP contribution in [0.25, 0.3) is 0 Å². The number of ether oxygens (including phenoxy) is 2. The van der Waals surface area contributed by atoms with Gasteiger partial charge in [-0.25, -0.2) is 9.78 Å². The first-order valence-corrected chi connectivity index (χ1v) is 25.7. The van der Waals surface area contributed by atoms with Gasteiger partial charge >= 0.3 is 6.09 Å². The van der Waals surface area contributed by atoms with Crippen molar-refractivity contribution < 1.29 is 47.8 Å². The Balaban J connectivity index is 0.809. The number of anilines is 5. The average molecular weight is 1020 g/mol. The van der Waals surface area contributed by atoms with Crippen LogP contribution >= 0.6 is 0 Å². The topological polar surface area (TPSA) is 248 Å². The molecule has 1 aromatic heterocycles. The minimum Gasteiger partial charge on any atom is -0.495 e. The Kier molecular flexibility index (Phi) is 14.8. The first-order valence-electron chi connectivity index (χ1n) is 25.7. The Morgan fingerprint density at radius 1 is 0.892 bits per heavy atom. The fraction of sp³-hybridized carbons (Fsp3) is 0.538. The van der Waals surface area contributed by atoms with E-state index in [1.165, 1.54) is 7.11 Å². The van der Waals surface area contributed by atoms with Crippen molar-refractivity contribution >= 4 is 76.3 Å². The van der Waals surface area contributed by atoms with Gasteiger partial charge in [-0.2, -0.15) is 4.98 Å². The quantitative estimate of drug-likeness (QED) is 0.179. The summed E-state index contributed by atoms with van der Waals surface area (Å²) in [6, 6.07) is 7.75. The van der Waals surface area contributed by atoms with Gasteiger partial charge in [-0.15, -0.1) is 0 Å². The summed E-state index contributed by atoms with van der Waals surface area (Å²) in [6.45, 7) is 9.88. The van der Waals surface area contributed by atoms with E-state index in [1.807, 2.05) is 11.8 Å². The van der Waals surface area contributed by atoms with Crippen LogP contribution in [0.2, 0.25) is 0 Å². The highest BCUT2D eigenvalue weighted by Gasteiger charge is 2.47. The van der Waals surface area contributed by atoms with Crippen molar-refractivity contribution in [3.8, 4) is 5.75 Å². The molecule has 2 aromatic carbocycles. The van der Waals surface area contributed by atoms with Crippen LogP contribution in [0.3, 0.4) is 0 Å². The number of amides is 8. The number of methoxy groups -OCH3 is 1. The monoisotopic (exact) mass is 1020 g/mol. The number of piperazine rings is 1. The smallest absolute Gasteiger partial charge is 0.408 e. The van der Waals surface area contributed by atoms with Gasteiger partial charge in [0.25, 0.3) is 17.7 Å². The number of aromatic nitrogens is 2. The van der Waals surface area contributed by atoms with Gasteiger partial charge in [-0.05, 0) is 89.6 Å². The SMILES string of the molecule is CC[C@@H]1C(=O)N(C)c2cnc(Nc3ccc(C(=O)NC4CCN(C(=O)C(CN5CCN(c6cccc7c6C(=O)N(C6CCC(=O)NC6=O)C7=O)CC5)NC(=O)OC(C)(C)C)CC4)cc3OC)nc2N1C1CCCC1. The highest BCUT2D eigenvalue weighted by atomic mass is 16.6. The molecule has 3 aromatic rings. The summed E-state index contributed by atoms with van der Waals surface area (Å²) in [5, 5.41) is 11.4. The Bertz CT molecular complexity index is 2720. The highest BCUT2D eigenvalue weighted by Crippen LogP contribution is 2.41. The molecule has 1 saturated carbocycles. The number of alkyl carbamates (subject to hydrolysis) is 1. The lowest BCUT2D eigenvalue weighted by Gasteiger charge is -2.43. The number of likely N-dealkylation sites (N-methyl/N-ethyl adjacent to an activating group) is 1. The number of rotatable bonds is 13. The van der Waals surface area contributed by atoms with E-state index in [4.69, 9.17) is 14.5 Å². The largest absolute Gasteiger partial charge is 0.495 e. The molecule has 6 aliphatic rings. The summed E-state index contributed by atoms with van der Waals surface area (Å²) in [5.41, 5.74) is 1.75. The van der Waals surface area contributed by atoms with Crippen LogP contribution in [0, 0.1) is 0 Å². The third-order valence-electron chi connectivity index (χ3n) is 14.9. The van der Waals surface area contributed by atoms with Crippen molar-refractivity contribution in [1.82, 2.24) is 40.6 Å². The third-order valence-corrected chi connectivity index (χ3v) is 14.9. The van der Waals surface area contributed by atoms with E-state index in [0.717, 1.165) is 30.6 Å². The fourth-order valence-corrected chi connectivity index (χ4v) is 11.1. The number of nitrogens with zero attached hydrogens (tertiary/aromatic N) is 8. The molecule has 22 nitrogen and oxygen atoms in total. The van der Waals surface area contributed by atoms with Gasteiger partial charge in [0.05, 0.1) is 35.8 Å². The van der Waals surface area contributed by atoms with Gasteiger partial charge in [0.2, 0.25) is 29.6 Å². The van der Waals surface area contributed by atoms with Gasteiger partial charge in [0.1, 0.15) is 35.2 Å². The maximum Gasteiger partial charge on any atom is 0.408 e. The molecule has 22 heteroatoms. The van der Waals surface area contributed by atoms with Gasteiger partial charge in [0, 0.05) is 76.9 Å². The number of carbonyl (C=O) groups excluding carboxylic acids is 8. The number of imide groups is 2. The summed E-state index contributed by atoms with van der Waals surface area (Å²) < 4.78 is 11.3. The van der Waals surface area contributed by atoms with Crippen molar-refractivity contribution in [2.45, 2.75) is 121 Å². The predicted molar refractivity (Wildman–Crippen MR) is 273 cm³/mol. The van der Waals surface area contributed by atoms with Crippen LogP contribution in [-0.2, 0) is 23.9 Å². The first-order chi connectivity index (χ1) is 35.4. The molecular formula is C52H66N12O10. The fourth-order valence-electron chi connectivity index (χ4n) is 11.1. The van der Waals surface area contributed by atoms with E-state index in [-0.39, 0.29) is 66.4 Å². The van der Waals surface area contributed by atoms with Crippen LogP contribution in [0.4, 0.5) is 33.6 Å². The summed E-state index contributed by atoms with van der Waals surface area (Å²) in [5.74, 6) is -1.38. The van der Waals surface area contributed by atoms with Gasteiger partial charge in [0.15, 0.2) is 5.82 Å². The third kappa shape index (κ3) is 10.5. The molecule has 9 rings (SSSR count). The van der Waals surface area contributed by atoms with Crippen molar-refractivity contribution in [2.75, 3.05) is 80.0 Å². The molecule has 4 N–H and O–H groups in total. The molecule has 3 atom stereocenters. The second kappa shape index (κ2) is 21.2. The second-order valence-electron chi connectivity index (χ2n) is 20.8. The number of benzene rings is 2. The van der Waals surface area contributed by atoms with Crippen LogP contribution in [0.5, 0.6) is 5.75 Å². The molecule has 3 saturated heterocycles. The zero-order valence-corrected chi connectivity index (χ0v) is 42.9. The van der Waals surface area contributed by atoms with Gasteiger partial charge < -0.3 is 45.0 Å². The van der Waals surface area contributed by atoms with Crippen molar-refractivity contribution in [3.05, 3.63) is 59.3 Å². The van der Waals surface area contributed by atoms with E-state index in [2.05, 4.69) is 36.1 Å². The Morgan fingerprint density at radius 3 is 2.30 bits per heavy atom. The van der Waals surface area contributed by atoms with Crippen LogP contribution in [0.1, 0.15) is 117 Å². The van der Waals surface area contributed by atoms with Crippen LogP contribution in [-0.4, -0.2) is 168 Å².